The van der Waals surface area contributed by atoms with E-state index in [0.29, 0.717) is 19.1 Å². The molecule has 1 saturated heterocycles. The van der Waals surface area contributed by atoms with E-state index in [2.05, 4.69) is 39.8 Å². The maximum Gasteiger partial charge on any atom is 0.169 e. The first-order valence-electron chi connectivity index (χ1n) is 12.2. The number of nitriles is 2. The van der Waals surface area contributed by atoms with E-state index in [-0.39, 0.29) is 40.8 Å². The van der Waals surface area contributed by atoms with Gasteiger partial charge in [-0.05, 0) is 64.2 Å². The lowest BCUT2D eigenvalue weighted by Crippen LogP contribution is -2.51. The summed E-state index contributed by atoms with van der Waals surface area (Å²) in [7, 11) is 0. The van der Waals surface area contributed by atoms with Crippen LogP contribution in [0.4, 0.5) is 0 Å². The number of fused-ring (bicyclic) bond motifs is 4. The Hall–Kier alpha value is -1.40. The third-order valence-electron chi connectivity index (χ3n) is 9.07. The highest BCUT2D eigenvalue weighted by molar-refractivity contribution is 5.36. The molecule has 5 heteroatoms. The van der Waals surface area contributed by atoms with Gasteiger partial charge in [-0.15, -0.1) is 0 Å². The molecule has 0 unspecified atom stereocenters. The largest absolute Gasteiger partial charge is 0.372 e. The van der Waals surface area contributed by atoms with Gasteiger partial charge in [0.05, 0.1) is 48.9 Å². The second-order valence-electron chi connectivity index (χ2n) is 11.7. The van der Waals surface area contributed by atoms with Crippen LogP contribution < -0.4 is 0 Å². The molecule has 0 N–H and O–H groups in total. The van der Waals surface area contributed by atoms with Gasteiger partial charge >= 0.3 is 0 Å². The van der Waals surface area contributed by atoms with E-state index in [1.807, 2.05) is 0 Å². The summed E-state index contributed by atoms with van der Waals surface area (Å²) in [5.41, 5.74) is 2.89. The second-order valence-corrected chi connectivity index (χ2v) is 11.7. The predicted molar refractivity (Wildman–Crippen MR) is 115 cm³/mol. The van der Waals surface area contributed by atoms with Crippen molar-refractivity contribution in [2.24, 2.45) is 35.0 Å². The van der Waals surface area contributed by atoms with Crippen LogP contribution in [0.5, 0.6) is 0 Å². The van der Waals surface area contributed by atoms with Gasteiger partial charge in [-0.2, -0.15) is 10.5 Å². The number of hydrogen-bond acceptors (Lipinski definition) is 5. The van der Waals surface area contributed by atoms with Crippen LogP contribution in [0.1, 0.15) is 72.6 Å². The molecule has 5 nitrogen and oxygen atoms in total. The zero-order valence-corrected chi connectivity index (χ0v) is 19.4. The number of nitrogens with zero attached hydrogens (tertiary/aromatic N) is 2. The Morgan fingerprint density at radius 1 is 0.968 bits per heavy atom. The standard InChI is InChI=1S/C26H36N2O3/c1-24(2,3)31-22-6-5-21-23-17(7-9-25(21,22)4)16-8-10-26(29-11-12-30-26)13-18(16)19(14-27)20(23)15-28/h18-23H,5-13H2,1-4H3/t18-,19+,20-,21+,22+,23+,25+/m1/s1. The summed E-state index contributed by atoms with van der Waals surface area (Å²) in [6.45, 7) is 10.1. The highest BCUT2D eigenvalue weighted by atomic mass is 16.7. The van der Waals surface area contributed by atoms with E-state index >= 15 is 0 Å². The molecule has 3 saturated carbocycles. The summed E-state index contributed by atoms with van der Waals surface area (Å²) in [6, 6.07) is 5.22. The van der Waals surface area contributed by atoms with Crippen LogP contribution in [-0.4, -0.2) is 30.7 Å². The molecule has 168 valence electrons. The lowest BCUT2D eigenvalue weighted by Gasteiger charge is -2.54. The highest BCUT2D eigenvalue weighted by Crippen LogP contribution is 2.64. The average molecular weight is 425 g/mol. The van der Waals surface area contributed by atoms with Crippen LogP contribution in [0.25, 0.3) is 0 Å². The number of rotatable bonds is 1. The molecule has 0 aromatic rings. The van der Waals surface area contributed by atoms with E-state index in [0.717, 1.165) is 44.9 Å². The number of ether oxygens (including phenoxy) is 3. The van der Waals surface area contributed by atoms with E-state index in [1.54, 1.807) is 0 Å². The van der Waals surface area contributed by atoms with Gasteiger partial charge in [-0.25, -0.2) is 0 Å². The average Bonchev–Trinajstić information content (AvgIpc) is 3.30. The number of allylic oxidation sites excluding steroid dienone is 2. The van der Waals surface area contributed by atoms with Gasteiger partial charge in [-0.3, -0.25) is 0 Å². The molecule has 1 spiro atoms. The van der Waals surface area contributed by atoms with Gasteiger partial charge in [0, 0.05) is 24.7 Å². The fourth-order valence-electron chi connectivity index (χ4n) is 7.82. The molecule has 5 aliphatic rings. The van der Waals surface area contributed by atoms with Crippen molar-refractivity contribution in [2.45, 2.75) is 90.1 Å². The first-order chi connectivity index (χ1) is 14.7. The molecule has 0 amide bonds. The van der Waals surface area contributed by atoms with Crippen LogP contribution in [0, 0.1) is 57.7 Å². The van der Waals surface area contributed by atoms with Crippen molar-refractivity contribution in [3.63, 3.8) is 0 Å². The van der Waals surface area contributed by atoms with Crippen molar-refractivity contribution >= 4 is 0 Å². The first-order valence-corrected chi connectivity index (χ1v) is 12.2. The Morgan fingerprint density at radius 2 is 1.65 bits per heavy atom. The molecule has 0 aromatic carbocycles. The van der Waals surface area contributed by atoms with Crippen molar-refractivity contribution in [1.29, 1.82) is 10.5 Å². The van der Waals surface area contributed by atoms with Crippen LogP contribution in [0.3, 0.4) is 0 Å². The Morgan fingerprint density at radius 3 is 2.29 bits per heavy atom. The van der Waals surface area contributed by atoms with Gasteiger partial charge in [0.15, 0.2) is 5.79 Å². The van der Waals surface area contributed by atoms with Crippen LogP contribution in [0.2, 0.25) is 0 Å². The lowest BCUT2D eigenvalue weighted by molar-refractivity contribution is -0.185. The second kappa shape index (κ2) is 7.31. The Labute approximate surface area is 186 Å². The summed E-state index contributed by atoms with van der Waals surface area (Å²) in [5.74, 6) is -0.328. The van der Waals surface area contributed by atoms with Gasteiger partial charge < -0.3 is 14.2 Å². The van der Waals surface area contributed by atoms with E-state index < -0.39 is 5.79 Å². The molecule has 1 heterocycles. The minimum absolute atomic E-state index is 0.0809. The van der Waals surface area contributed by atoms with Crippen molar-refractivity contribution in [1.82, 2.24) is 0 Å². The molecule has 4 fully saturated rings. The van der Waals surface area contributed by atoms with Crippen molar-refractivity contribution < 1.29 is 14.2 Å². The van der Waals surface area contributed by atoms with E-state index in [1.165, 1.54) is 11.1 Å². The van der Waals surface area contributed by atoms with Crippen molar-refractivity contribution in [3.8, 4) is 12.1 Å². The molecule has 0 radical (unpaired) electrons. The quantitative estimate of drug-likeness (QED) is 0.546. The maximum absolute atomic E-state index is 10.3. The third kappa shape index (κ3) is 3.28. The van der Waals surface area contributed by atoms with E-state index in [9.17, 15) is 10.5 Å². The van der Waals surface area contributed by atoms with Crippen LogP contribution in [-0.2, 0) is 14.2 Å². The Bertz CT molecular complexity index is 853. The zero-order valence-electron chi connectivity index (χ0n) is 19.4. The van der Waals surface area contributed by atoms with Gasteiger partial charge in [0.2, 0.25) is 0 Å². The SMILES string of the molecule is CC(C)(C)O[C@H]1CC[C@H]2[C@H]3C(=C4CCC5(C[C@H]4[C@H](C#N)[C@H]3C#N)OCCO5)CC[C@]12C. The normalized spacial score (nSPS) is 43.7. The van der Waals surface area contributed by atoms with Crippen LogP contribution in [0.15, 0.2) is 11.1 Å². The monoisotopic (exact) mass is 424 g/mol. The van der Waals surface area contributed by atoms with Crippen LogP contribution >= 0.6 is 0 Å². The van der Waals surface area contributed by atoms with Gasteiger partial charge in [-0.1, -0.05) is 18.1 Å². The summed E-state index contributed by atoms with van der Waals surface area (Å²) in [5, 5.41) is 20.5. The highest BCUT2D eigenvalue weighted by Gasteiger charge is 2.60. The van der Waals surface area contributed by atoms with Gasteiger partial charge in [0.25, 0.3) is 0 Å². The van der Waals surface area contributed by atoms with Gasteiger partial charge in [0.1, 0.15) is 0 Å². The molecular formula is C26H36N2O3. The molecule has 7 atom stereocenters. The number of hydrogen-bond donors (Lipinski definition) is 0. The molecule has 0 bridgehead atoms. The fourth-order valence-corrected chi connectivity index (χ4v) is 7.82. The summed E-state index contributed by atoms with van der Waals surface area (Å²) in [6.07, 6.45) is 7.09. The molecule has 0 aromatic heterocycles. The molecule has 4 aliphatic carbocycles. The molecule has 31 heavy (non-hydrogen) atoms. The topological polar surface area (TPSA) is 75.3 Å². The van der Waals surface area contributed by atoms with Crippen molar-refractivity contribution in [3.05, 3.63) is 11.1 Å². The lowest BCUT2D eigenvalue weighted by atomic mass is 9.50. The summed E-state index contributed by atoms with van der Waals surface area (Å²) < 4.78 is 18.6. The van der Waals surface area contributed by atoms with E-state index in [4.69, 9.17) is 14.2 Å². The molecule has 5 rings (SSSR count). The zero-order chi connectivity index (χ0) is 22.0. The molecule has 1 aliphatic heterocycles. The fraction of sp³-hybridized carbons (Fsp3) is 0.846. The first kappa shape index (κ1) is 21.4. The maximum atomic E-state index is 10.3. The van der Waals surface area contributed by atoms with Crippen molar-refractivity contribution in [2.75, 3.05) is 13.2 Å². The Kier molecular flexibility index (Phi) is 5.06. The Balaban J connectivity index is 1.52. The molecular weight excluding hydrogens is 388 g/mol. The predicted octanol–water partition coefficient (Wildman–Crippen LogP) is 5.13. The summed E-state index contributed by atoms with van der Waals surface area (Å²) in [4.78, 5) is 0. The smallest absolute Gasteiger partial charge is 0.169 e. The third-order valence-corrected chi connectivity index (χ3v) is 9.07. The minimum Gasteiger partial charge on any atom is -0.372 e. The summed E-state index contributed by atoms with van der Waals surface area (Å²) >= 11 is 0. The minimum atomic E-state index is -0.529.